The fourth-order valence-corrected chi connectivity index (χ4v) is 7.61. The molecule has 1 aliphatic heterocycles. The van der Waals surface area contributed by atoms with Crippen molar-refractivity contribution in [3.8, 4) is 5.75 Å². The van der Waals surface area contributed by atoms with Gasteiger partial charge in [0.15, 0.2) is 11.4 Å². The van der Waals surface area contributed by atoms with Crippen LogP contribution in [0.1, 0.15) is 40.7 Å². The number of fused-ring (bicyclic) bond motifs is 3. The molecule has 0 radical (unpaired) electrons. The lowest BCUT2D eigenvalue weighted by molar-refractivity contribution is -0.148. The molecule has 0 saturated carbocycles. The number of phenolic OH excluding ortho intramolecular Hbond substituents is 1. The van der Waals surface area contributed by atoms with Gasteiger partial charge in [-0.05, 0) is 70.4 Å². The number of esters is 1. The lowest BCUT2D eigenvalue weighted by atomic mass is 9.58. The Morgan fingerprint density at radius 2 is 1.75 bits per heavy atom. The smallest absolute Gasteiger partial charge is 0.308 e. The van der Waals surface area contributed by atoms with Gasteiger partial charge in [0.05, 0.1) is 24.6 Å². The topological polar surface area (TPSA) is 194 Å². The molecule has 5 rings (SSSR count). The maximum Gasteiger partial charge on any atom is 0.308 e. The van der Waals surface area contributed by atoms with E-state index in [0.717, 1.165) is 0 Å². The van der Waals surface area contributed by atoms with E-state index in [2.05, 4.69) is 4.90 Å². The van der Waals surface area contributed by atoms with Gasteiger partial charge < -0.3 is 35.8 Å². The zero-order valence-electron chi connectivity index (χ0n) is 25.6. The van der Waals surface area contributed by atoms with Crippen LogP contribution in [-0.4, -0.2) is 114 Å². The third-order valence-electron chi connectivity index (χ3n) is 9.78. The Balaban J connectivity index is 1.59. The number of likely N-dealkylation sites (N-methyl/N-ethyl adjacent to an activating group) is 1. The summed E-state index contributed by atoms with van der Waals surface area (Å²) in [6, 6.07) is 0.787. The van der Waals surface area contributed by atoms with E-state index in [1.54, 1.807) is 14.1 Å². The molecule has 13 nitrogen and oxygen atoms in total. The number of primary amides is 1. The number of rotatable bonds is 6. The summed E-state index contributed by atoms with van der Waals surface area (Å²) in [7, 11) is 8.19. The van der Waals surface area contributed by atoms with Crippen molar-refractivity contribution >= 4 is 29.1 Å². The van der Waals surface area contributed by atoms with Crippen molar-refractivity contribution in [3.05, 3.63) is 45.4 Å². The fraction of sp³-hybridized carbons (Fsp3) is 0.548. The Morgan fingerprint density at radius 1 is 1.11 bits per heavy atom. The Hall–Kier alpha value is -3.94. The number of ketones is 2. The largest absolute Gasteiger partial charge is 0.510 e. The van der Waals surface area contributed by atoms with Crippen LogP contribution in [0.25, 0.3) is 0 Å². The molecule has 13 heteroatoms. The molecule has 0 unspecified atom stereocenters. The molecule has 1 amide bonds. The summed E-state index contributed by atoms with van der Waals surface area (Å²) in [5.41, 5.74) is 3.42. The van der Waals surface area contributed by atoms with Crippen molar-refractivity contribution in [1.82, 2.24) is 9.80 Å². The first-order chi connectivity index (χ1) is 20.6. The van der Waals surface area contributed by atoms with Crippen molar-refractivity contribution < 1.29 is 44.3 Å². The summed E-state index contributed by atoms with van der Waals surface area (Å²) in [6.07, 6.45) is 1.43. The second-order valence-corrected chi connectivity index (χ2v) is 12.7. The number of carbonyl (C=O) groups excluding carboxylic acids is 4. The van der Waals surface area contributed by atoms with Gasteiger partial charge in [0.25, 0.3) is 5.91 Å². The van der Waals surface area contributed by atoms with Gasteiger partial charge in [0.1, 0.15) is 22.8 Å². The molecule has 1 aromatic carbocycles. The molecule has 0 aromatic heterocycles. The number of hydrogen-bond acceptors (Lipinski definition) is 12. The van der Waals surface area contributed by atoms with Crippen molar-refractivity contribution in [2.24, 2.45) is 23.5 Å². The molecular weight excluding hydrogens is 572 g/mol. The summed E-state index contributed by atoms with van der Waals surface area (Å²) in [5, 5.41) is 45.9. The molecule has 4 atom stereocenters. The third-order valence-corrected chi connectivity index (χ3v) is 9.78. The number of amides is 1. The van der Waals surface area contributed by atoms with E-state index < -0.39 is 58.0 Å². The first-order valence-electron chi connectivity index (χ1n) is 14.6. The van der Waals surface area contributed by atoms with E-state index in [9.17, 15) is 39.6 Å². The first-order valence-corrected chi connectivity index (χ1v) is 14.6. The number of phenols is 1. The molecular formula is C31H40N4O9. The second kappa shape index (κ2) is 11.2. The van der Waals surface area contributed by atoms with Crippen LogP contribution >= 0.6 is 0 Å². The SMILES string of the molecule is COC(=O)C1CCN(Cc2cc(N(C)C)c3c(c2O)C(=O)C2=C(O)[C@]4(O)C(=O)C(C(N)=O)=C(O)[C@@H](N(C)C)[C@@H]4C[C@@H]2C3)CC1. The number of nitrogens with zero attached hydrogens (tertiary/aromatic N) is 3. The number of likely N-dealkylation sites (tertiary alicyclic amines) is 1. The van der Waals surface area contributed by atoms with Crippen LogP contribution in [0.2, 0.25) is 0 Å². The molecule has 1 saturated heterocycles. The Labute approximate surface area is 255 Å². The van der Waals surface area contributed by atoms with Gasteiger partial charge in [-0.2, -0.15) is 0 Å². The fourth-order valence-electron chi connectivity index (χ4n) is 7.61. The second-order valence-electron chi connectivity index (χ2n) is 12.7. The zero-order valence-corrected chi connectivity index (χ0v) is 25.6. The minimum atomic E-state index is -2.69. The number of piperidine rings is 1. The predicted molar refractivity (Wildman–Crippen MR) is 158 cm³/mol. The average molecular weight is 613 g/mol. The molecule has 44 heavy (non-hydrogen) atoms. The summed E-state index contributed by atoms with van der Waals surface area (Å²) in [5.74, 6) is -7.18. The summed E-state index contributed by atoms with van der Waals surface area (Å²) < 4.78 is 4.87. The van der Waals surface area contributed by atoms with Gasteiger partial charge in [0.2, 0.25) is 5.78 Å². The van der Waals surface area contributed by atoms with E-state index in [1.807, 2.05) is 25.1 Å². The number of aliphatic hydroxyl groups is 3. The minimum Gasteiger partial charge on any atom is -0.510 e. The number of nitrogens with two attached hydrogens (primary N) is 1. The quantitative estimate of drug-likeness (QED) is 0.222. The molecule has 0 bridgehead atoms. The number of ether oxygens (including phenoxy) is 1. The van der Waals surface area contributed by atoms with E-state index in [0.29, 0.717) is 49.3 Å². The van der Waals surface area contributed by atoms with Gasteiger partial charge in [-0.3, -0.25) is 29.0 Å². The zero-order chi connectivity index (χ0) is 32.4. The van der Waals surface area contributed by atoms with Gasteiger partial charge in [-0.1, -0.05) is 0 Å². The number of aliphatic hydroxyl groups excluding tert-OH is 2. The molecule has 3 aliphatic carbocycles. The monoisotopic (exact) mass is 612 g/mol. The lowest BCUT2D eigenvalue weighted by Crippen LogP contribution is -2.63. The van der Waals surface area contributed by atoms with Crippen molar-refractivity contribution in [1.29, 1.82) is 0 Å². The number of methoxy groups -OCH3 is 1. The van der Waals surface area contributed by atoms with Crippen molar-refractivity contribution in [2.45, 2.75) is 43.9 Å². The highest BCUT2D eigenvalue weighted by molar-refractivity contribution is 6.25. The number of benzene rings is 1. The van der Waals surface area contributed by atoms with Crippen LogP contribution in [-0.2, 0) is 32.1 Å². The summed E-state index contributed by atoms with van der Waals surface area (Å²) >= 11 is 0. The molecule has 0 spiro atoms. The average Bonchev–Trinajstić information content (AvgIpc) is 2.95. The minimum absolute atomic E-state index is 0.0172. The highest BCUT2D eigenvalue weighted by atomic mass is 16.5. The normalized spacial score (nSPS) is 27.7. The Morgan fingerprint density at radius 3 is 2.30 bits per heavy atom. The van der Waals surface area contributed by atoms with E-state index >= 15 is 0 Å². The van der Waals surface area contributed by atoms with Crippen LogP contribution in [0.5, 0.6) is 5.75 Å². The molecule has 1 aromatic rings. The van der Waals surface area contributed by atoms with E-state index in [4.69, 9.17) is 10.5 Å². The van der Waals surface area contributed by atoms with Crippen LogP contribution in [0, 0.1) is 17.8 Å². The number of anilines is 1. The Bertz CT molecular complexity index is 1510. The number of hydrogen-bond donors (Lipinski definition) is 5. The predicted octanol–water partition coefficient (Wildman–Crippen LogP) is 0.572. The summed E-state index contributed by atoms with van der Waals surface area (Å²) in [6.45, 7) is 1.47. The van der Waals surface area contributed by atoms with Crippen LogP contribution < -0.4 is 10.6 Å². The standard InChI is InChI=1S/C31H40N4O9/c1-33(2)19-12-16(13-35-8-6-14(7-9-35)30(42)44-5)24(36)21-17(19)10-15-11-18-23(34(3)4)26(38)22(29(32)41)28(40)31(18,43)27(39)20(15)25(21)37/h12,14-15,18,23,36,38-39,43H,6-11,13H2,1-5H3,(H2,32,41)/t15-,18-,23-,31-/m0/s1. The van der Waals surface area contributed by atoms with Crippen molar-refractivity contribution in [3.63, 3.8) is 0 Å². The van der Waals surface area contributed by atoms with E-state index in [1.165, 1.54) is 12.0 Å². The van der Waals surface area contributed by atoms with Gasteiger partial charge in [-0.25, -0.2) is 0 Å². The van der Waals surface area contributed by atoms with Crippen LogP contribution in [0.4, 0.5) is 5.69 Å². The molecule has 238 valence electrons. The number of Topliss-reactive ketones (excluding diaryl/α,β-unsaturated/α-hetero) is 2. The molecule has 4 aliphatic rings. The van der Waals surface area contributed by atoms with Gasteiger partial charge in [-0.15, -0.1) is 0 Å². The number of aromatic hydroxyl groups is 1. The highest BCUT2D eigenvalue weighted by Crippen LogP contribution is 2.53. The third kappa shape index (κ3) is 4.65. The van der Waals surface area contributed by atoms with E-state index in [-0.39, 0.29) is 41.6 Å². The first kappa shape index (κ1) is 31.5. The highest BCUT2D eigenvalue weighted by Gasteiger charge is 2.63. The maximum absolute atomic E-state index is 14.2. The summed E-state index contributed by atoms with van der Waals surface area (Å²) in [4.78, 5) is 57.4. The Kier molecular flexibility index (Phi) is 8.02. The number of carbonyl (C=O) groups is 4. The molecule has 6 N–H and O–H groups in total. The lowest BCUT2D eigenvalue weighted by Gasteiger charge is -2.50. The number of allylic oxidation sites excluding steroid dienone is 1. The molecule has 1 heterocycles. The van der Waals surface area contributed by atoms with Crippen LogP contribution in [0.15, 0.2) is 28.7 Å². The van der Waals surface area contributed by atoms with Crippen molar-refractivity contribution in [2.75, 3.05) is 53.3 Å². The molecule has 1 fully saturated rings. The van der Waals surface area contributed by atoms with Crippen LogP contribution in [0.3, 0.4) is 0 Å². The van der Waals surface area contributed by atoms with Gasteiger partial charge in [0, 0.05) is 43.4 Å². The maximum atomic E-state index is 14.2. The van der Waals surface area contributed by atoms with Gasteiger partial charge >= 0.3 is 5.97 Å².